The quantitative estimate of drug-likeness (QED) is 0.777. The van der Waals surface area contributed by atoms with E-state index >= 15 is 0 Å². The summed E-state index contributed by atoms with van der Waals surface area (Å²) in [4.78, 5) is 13.7. The van der Waals surface area contributed by atoms with Crippen LogP contribution in [0.1, 0.15) is 12.6 Å². The standard InChI is InChI=1S/C17H21N7O/c1-3-23-6-8-24(9-7-23)15-5-4-13(11-18-15)16-19-17(25-22-16)14-10-12(2)20-21-14/h4-5,10-11H,3,6-9H2,1-2H3,(H,20,21). The number of H-pyrrole nitrogens is 1. The minimum atomic E-state index is 0.402. The number of anilines is 1. The molecule has 0 aromatic carbocycles. The Morgan fingerprint density at radius 3 is 2.68 bits per heavy atom. The van der Waals surface area contributed by atoms with Gasteiger partial charge in [-0.2, -0.15) is 10.1 Å². The molecule has 1 fully saturated rings. The molecule has 8 heteroatoms. The zero-order valence-electron chi connectivity index (χ0n) is 14.4. The van der Waals surface area contributed by atoms with E-state index in [0.717, 1.165) is 49.8 Å². The Morgan fingerprint density at radius 1 is 1.20 bits per heavy atom. The van der Waals surface area contributed by atoms with E-state index in [0.29, 0.717) is 17.4 Å². The van der Waals surface area contributed by atoms with Crippen LogP contribution in [0.3, 0.4) is 0 Å². The van der Waals surface area contributed by atoms with E-state index in [1.165, 1.54) is 0 Å². The Labute approximate surface area is 145 Å². The molecule has 1 saturated heterocycles. The third-order valence-corrected chi connectivity index (χ3v) is 4.50. The highest BCUT2D eigenvalue weighted by molar-refractivity contribution is 5.59. The van der Waals surface area contributed by atoms with Gasteiger partial charge in [-0.3, -0.25) is 5.10 Å². The first-order valence-corrected chi connectivity index (χ1v) is 8.53. The van der Waals surface area contributed by atoms with Gasteiger partial charge in [0, 0.05) is 43.6 Å². The first kappa shape index (κ1) is 15.8. The summed E-state index contributed by atoms with van der Waals surface area (Å²) in [6.07, 6.45) is 1.80. The van der Waals surface area contributed by atoms with Crippen LogP contribution in [0.4, 0.5) is 5.82 Å². The van der Waals surface area contributed by atoms with Crippen molar-refractivity contribution in [1.29, 1.82) is 0 Å². The Bertz CT molecular complexity index is 831. The van der Waals surface area contributed by atoms with Crippen molar-refractivity contribution in [3.8, 4) is 23.0 Å². The van der Waals surface area contributed by atoms with Crippen molar-refractivity contribution >= 4 is 5.82 Å². The van der Waals surface area contributed by atoms with Crippen molar-refractivity contribution in [2.45, 2.75) is 13.8 Å². The second-order valence-corrected chi connectivity index (χ2v) is 6.19. The molecule has 4 rings (SSSR count). The predicted molar refractivity (Wildman–Crippen MR) is 94.2 cm³/mol. The number of aryl methyl sites for hydroxylation is 1. The lowest BCUT2D eigenvalue weighted by Gasteiger charge is -2.34. The molecule has 25 heavy (non-hydrogen) atoms. The first-order chi connectivity index (χ1) is 12.2. The van der Waals surface area contributed by atoms with Gasteiger partial charge in [0.05, 0.1) is 0 Å². The number of aromatic nitrogens is 5. The van der Waals surface area contributed by atoms with Gasteiger partial charge in [-0.15, -0.1) is 0 Å². The van der Waals surface area contributed by atoms with Crippen LogP contribution < -0.4 is 4.90 Å². The highest BCUT2D eigenvalue weighted by Gasteiger charge is 2.17. The number of nitrogens with zero attached hydrogens (tertiary/aromatic N) is 6. The summed E-state index contributed by atoms with van der Waals surface area (Å²) < 4.78 is 5.30. The van der Waals surface area contributed by atoms with Gasteiger partial charge in [-0.1, -0.05) is 12.1 Å². The Hall–Kier alpha value is -2.74. The molecule has 0 radical (unpaired) electrons. The van der Waals surface area contributed by atoms with Gasteiger partial charge < -0.3 is 14.3 Å². The molecule has 4 heterocycles. The van der Waals surface area contributed by atoms with Crippen molar-refractivity contribution in [3.05, 3.63) is 30.1 Å². The van der Waals surface area contributed by atoms with Crippen LogP contribution in [0.15, 0.2) is 28.9 Å². The number of pyridine rings is 1. The van der Waals surface area contributed by atoms with Crippen LogP contribution in [-0.4, -0.2) is 62.9 Å². The Balaban J connectivity index is 1.48. The molecule has 3 aromatic heterocycles. The van der Waals surface area contributed by atoms with Crippen molar-refractivity contribution in [3.63, 3.8) is 0 Å². The summed E-state index contributed by atoms with van der Waals surface area (Å²) in [5, 5.41) is 11.0. The normalized spacial score (nSPS) is 15.7. The van der Waals surface area contributed by atoms with Crippen LogP contribution in [0.2, 0.25) is 0 Å². The van der Waals surface area contributed by atoms with Crippen LogP contribution in [0.5, 0.6) is 0 Å². The SMILES string of the molecule is CCN1CCN(c2ccc(-c3noc(-c4cc(C)[nH]n4)n3)cn2)CC1. The highest BCUT2D eigenvalue weighted by Crippen LogP contribution is 2.22. The molecule has 1 N–H and O–H groups in total. The molecule has 0 spiro atoms. The summed E-state index contributed by atoms with van der Waals surface area (Å²) in [7, 11) is 0. The monoisotopic (exact) mass is 339 g/mol. The third kappa shape index (κ3) is 3.25. The van der Waals surface area contributed by atoms with Gasteiger partial charge in [-0.25, -0.2) is 4.98 Å². The molecule has 1 aliphatic rings. The van der Waals surface area contributed by atoms with E-state index in [-0.39, 0.29) is 0 Å². The van der Waals surface area contributed by atoms with Crippen LogP contribution in [0.25, 0.3) is 23.0 Å². The number of hydrogen-bond acceptors (Lipinski definition) is 7. The minimum Gasteiger partial charge on any atom is -0.354 e. The van der Waals surface area contributed by atoms with Crippen molar-refractivity contribution in [2.24, 2.45) is 0 Å². The van der Waals surface area contributed by atoms with Gasteiger partial charge >= 0.3 is 0 Å². The van der Waals surface area contributed by atoms with E-state index in [1.807, 2.05) is 25.1 Å². The number of rotatable bonds is 4. The van der Waals surface area contributed by atoms with Crippen molar-refractivity contribution in [1.82, 2.24) is 30.2 Å². The van der Waals surface area contributed by atoms with Gasteiger partial charge in [0.1, 0.15) is 5.82 Å². The summed E-state index contributed by atoms with van der Waals surface area (Å²) in [6, 6.07) is 5.87. The zero-order chi connectivity index (χ0) is 17.2. The molecule has 1 aliphatic heterocycles. The molecule has 0 atom stereocenters. The predicted octanol–water partition coefficient (Wildman–Crippen LogP) is 1.97. The molecule has 0 unspecified atom stereocenters. The van der Waals surface area contributed by atoms with E-state index in [4.69, 9.17) is 4.52 Å². The largest absolute Gasteiger partial charge is 0.354 e. The molecular formula is C17H21N7O. The van der Waals surface area contributed by atoms with Gasteiger partial charge in [-0.05, 0) is 31.7 Å². The van der Waals surface area contributed by atoms with Gasteiger partial charge in [0.2, 0.25) is 5.82 Å². The highest BCUT2D eigenvalue weighted by atomic mass is 16.5. The van der Waals surface area contributed by atoms with Gasteiger partial charge in [0.15, 0.2) is 5.69 Å². The third-order valence-electron chi connectivity index (χ3n) is 4.50. The fourth-order valence-electron chi connectivity index (χ4n) is 2.97. The number of hydrogen-bond donors (Lipinski definition) is 1. The summed E-state index contributed by atoms with van der Waals surface area (Å²) in [6.45, 7) is 9.41. The second-order valence-electron chi connectivity index (χ2n) is 6.19. The zero-order valence-corrected chi connectivity index (χ0v) is 14.4. The average Bonchev–Trinajstić information content (AvgIpc) is 3.31. The summed E-state index contributed by atoms with van der Waals surface area (Å²) >= 11 is 0. The molecule has 130 valence electrons. The van der Waals surface area contributed by atoms with E-state index in [9.17, 15) is 0 Å². The van der Waals surface area contributed by atoms with Crippen LogP contribution in [-0.2, 0) is 0 Å². The fraction of sp³-hybridized carbons (Fsp3) is 0.412. The van der Waals surface area contributed by atoms with Gasteiger partial charge in [0.25, 0.3) is 5.89 Å². The number of piperazine rings is 1. The van der Waals surface area contributed by atoms with Crippen molar-refractivity contribution in [2.75, 3.05) is 37.6 Å². The lowest BCUT2D eigenvalue weighted by molar-refractivity contribution is 0.270. The minimum absolute atomic E-state index is 0.402. The van der Waals surface area contributed by atoms with E-state index in [1.54, 1.807) is 6.20 Å². The smallest absolute Gasteiger partial charge is 0.278 e. The molecule has 0 saturated carbocycles. The maximum Gasteiger partial charge on any atom is 0.278 e. The number of nitrogens with one attached hydrogen (secondary N) is 1. The lowest BCUT2D eigenvalue weighted by Crippen LogP contribution is -2.46. The van der Waals surface area contributed by atoms with E-state index in [2.05, 4.69) is 42.0 Å². The van der Waals surface area contributed by atoms with Crippen LogP contribution >= 0.6 is 0 Å². The fourth-order valence-corrected chi connectivity index (χ4v) is 2.97. The maximum absolute atomic E-state index is 5.30. The first-order valence-electron chi connectivity index (χ1n) is 8.53. The Kier molecular flexibility index (Phi) is 4.19. The lowest BCUT2D eigenvalue weighted by atomic mass is 10.2. The average molecular weight is 339 g/mol. The Morgan fingerprint density at radius 2 is 2.04 bits per heavy atom. The maximum atomic E-state index is 5.30. The molecule has 3 aromatic rings. The molecule has 0 bridgehead atoms. The van der Waals surface area contributed by atoms with E-state index < -0.39 is 0 Å². The molecule has 8 nitrogen and oxygen atoms in total. The van der Waals surface area contributed by atoms with Crippen molar-refractivity contribution < 1.29 is 4.52 Å². The van der Waals surface area contributed by atoms with Crippen LogP contribution in [0, 0.1) is 6.92 Å². The number of aromatic amines is 1. The number of likely N-dealkylation sites (N-methyl/N-ethyl adjacent to an activating group) is 1. The summed E-state index contributed by atoms with van der Waals surface area (Å²) in [5.74, 6) is 1.91. The topological polar surface area (TPSA) is 87.0 Å². The molecular weight excluding hydrogens is 318 g/mol. The molecule has 0 amide bonds. The summed E-state index contributed by atoms with van der Waals surface area (Å²) in [5.41, 5.74) is 2.43. The second kappa shape index (κ2) is 6.64. The molecule has 0 aliphatic carbocycles.